The van der Waals surface area contributed by atoms with Crippen molar-refractivity contribution in [2.45, 2.75) is 33.3 Å². The summed E-state index contributed by atoms with van der Waals surface area (Å²) in [5.41, 5.74) is 3.63. The number of hydrogen-bond acceptors (Lipinski definition) is 6. The maximum absolute atomic E-state index is 12.7. The Hall–Kier alpha value is -3.29. The highest BCUT2D eigenvalue weighted by atomic mass is 32.1. The Balaban J connectivity index is 1.25. The third kappa shape index (κ3) is 5.58. The van der Waals surface area contributed by atoms with E-state index in [0.29, 0.717) is 19.7 Å². The molecule has 1 fully saturated rings. The van der Waals surface area contributed by atoms with Gasteiger partial charge in [0.15, 0.2) is 0 Å². The molecule has 2 aromatic carbocycles. The number of hydrogen-bond donors (Lipinski definition) is 0. The molecule has 7 heteroatoms. The smallest absolute Gasteiger partial charge is 0.248 e. The highest BCUT2D eigenvalue weighted by Gasteiger charge is 2.25. The van der Waals surface area contributed by atoms with Crippen LogP contribution in [0.2, 0.25) is 0 Å². The lowest BCUT2D eigenvalue weighted by Gasteiger charge is -2.36. The Kier molecular flexibility index (Phi) is 7.58. The van der Waals surface area contributed by atoms with Gasteiger partial charge < -0.3 is 14.5 Å². The second-order valence-electron chi connectivity index (χ2n) is 9.26. The number of aromatic nitrogens is 2. The number of anilines is 1. The summed E-state index contributed by atoms with van der Waals surface area (Å²) in [7, 11) is 0. The summed E-state index contributed by atoms with van der Waals surface area (Å²) in [4.78, 5) is 29.3. The normalized spacial score (nSPS) is 13.9. The van der Waals surface area contributed by atoms with Crippen LogP contribution in [0.1, 0.15) is 27.4 Å². The SMILES string of the molecule is Cc1sc2nc(CCc3ccccc3)nc(N3CCN(C(=O)COCc4ccccc4)CC3)c2c1C. The molecule has 1 aliphatic heterocycles. The standard InChI is InChI=1S/C29H32N4O2S/c1-21-22(2)36-29-27(21)28(30-25(31-29)14-13-23-9-5-3-6-10-23)33-17-15-32(16-18-33)26(34)20-35-19-24-11-7-4-8-12-24/h3-12H,13-20H2,1-2H3. The van der Waals surface area contributed by atoms with Gasteiger partial charge in [0, 0.05) is 37.5 Å². The predicted octanol–water partition coefficient (Wildman–Crippen LogP) is 4.96. The van der Waals surface area contributed by atoms with Gasteiger partial charge in [-0.25, -0.2) is 9.97 Å². The molecular formula is C29H32N4O2S. The van der Waals surface area contributed by atoms with Gasteiger partial charge >= 0.3 is 0 Å². The fraction of sp³-hybridized carbons (Fsp3) is 0.345. The van der Waals surface area contributed by atoms with Crippen molar-refractivity contribution in [3.8, 4) is 0 Å². The van der Waals surface area contributed by atoms with Gasteiger partial charge in [0.2, 0.25) is 5.91 Å². The monoisotopic (exact) mass is 500 g/mol. The molecule has 3 heterocycles. The molecule has 36 heavy (non-hydrogen) atoms. The Morgan fingerprint density at radius 3 is 2.25 bits per heavy atom. The maximum atomic E-state index is 12.7. The summed E-state index contributed by atoms with van der Waals surface area (Å²) in [6, 6.07) is 20.4. The average Bonchev–Trinajstić information content (AvgIpc) is 3.21. The zero-order valence-corrected chi connectivity index (χ0v) is 21.8. The summed E-state index contributed by atoms with van der Waals surface area (Å²) >= 11 is 1.75. The zero-order chi connectivity index (χ0) is 24.9. The number of thiophene rings is 1. The van der Waals surface area contributed by atoms with E-state index >= 15 is 0 Å². The van der Waals surface area contributed by atoms with Gasteiger partial charge in [0.05, 0.1) is 12.0 Å². The molecule has 0 aliphatic carbocycles. The molecule has 1 aliphatic rings. The topological polar surface area (TPSA) is 58.6 Å². The van der Waals surface area contributed by atoms with Crippen LogP contribution in [0.5, 0.6) is 0 Å². The minimum atomic E-state index is 0.0459. The number of fused-ring (bicyclic) bond motifs is 1. The van der Waals surface area contributed by atoms with E-state index in [9.17, 15) is 4.79 Å². The van der Waals surface area contributed by atoms with Crippen LogP contribution < -0.4 is 4.90 Å². The highest BCUT2D eigenvalue weighted by molar-refractivity contribution is 7.18. The van der Waals surface area contributed by atoms with E-state index in [1.807, 2.05) is 41.3 Å². The molecule has 186 valence electrons. The Morgan fingerprint density at radius 1 is 0.889 bits per heavy atom. The van der Waals surface area contributed by atoms with Gasteiger partial charge in [-0.05, 0) is 37.0 Å². The fourth-order valence-electron chi connectivity index (χ4n) is 4.60. The van der Waals surface area contributed by atoms with Crippen LogP contribution in [0.25, 0.3) is 10.2 Å². The van der Waals surface area contributed by atoms with Gasteiger partial charge in [-0.2, -0.15) is 0 Å². The molecular weight excluding hydrogens is 468 g/mol. The number of ether oxygens (including phenoxy) is 1. The zero-order valence-electron chi connectivity index (χ0n) is 20.9. The molecule has 0 bridgehead atoms. The number of amides is 1. The molecule has 5 rings (SSSR count). The van der Waals surface area contributed by atoms with E-state index in [2.05, 4.69) is 43.0 Å². The van der Waals surface area contributed by atoms with Crippen molar-refractivity contribution >= 4 is 33.3 Å². The van der Waals surface area contributed by atoms with Crippen LogP contribution in [0.4, 0.5) is 5.82 Å². The fourth-order valence-corrected chi connectivity index (χ4v) is 5.64. The first-order valence-corrected chi connectivity index (χ1v) is 13.3. The second-order valence-corrected chi connectivity index (χ2v) is 10.5. The first kappa shape index (κ1) is 24.4. The second kappa shape index (κ2) is 11.2. The number of nitrogens with zero attached hydrogens (tertiary/aromatic N) is 4. The Morgan fingerprint density at radius 2 is 1.56 bits per heavy atom. The van der Waals surface area contributed by atoms with Crippen molar-refractivity contribution in [2.75, 3.05) is 37.7 Å². The van der Waals surface area contributed by atoms with E-state index in [1.165, 1.54) is 16.0 Å². The molecule has 1 saturated heterocycles. The molecule has 6 nitrogen and oxygen atoms in total. The molecule has 0 unspecified atom stereocenters. The molecule has 0 atom stereocenters. The van der Waals surface area contributed by atoms with Crippen LogP contribution in [-0.2, 0) is 29.0 Å². The first-order chi connectivity index (χ1) is 17.6. The summed E-state index contributed by atoms with van der Waals surface area (Å²) in [5.74, 6) is 1.94. The van der Waals surface area contributed by atoms with Crippen molar-refractivity contribution in [1.29, 1.82) is 0 Å². The molecule has 4 aromatic rings. The maximum Gasteiger partial charge on any atom is 0.248 e. The average molecular weight is 501 g/mol. The predicted molar refractivity (Wildman–Crippen MR) is 146 cm³/mol. The molecule has 0 radical (unpaired) electrons. The van der Waals surface area contributed by atoms with Crippen molar-refractivity contribution in [3.63, 3.8) is 0 Å². The number of benzene rings is 2. The minimum absolute atomic E-state index is 0.0459. The third-order valence-corrected chi connectivity index (χ3v) is 7.91. The summed E-state index contributed by atoms with van der Waals surface area (Å²) in [5, 5.41) is 1.16. The minimum Gasteiger partial charge on any atom is -0.367 e. The molecule has 0 saturated carbocycles. The van der Waals surface area contributed by atoms with Gasteiger partial charge in [0.25, 0.3) is 0 Å². The van der Waals surface area contributed by atoms with Gasteiger partial charge in [-0.15, -0.1) is 11.3 Å². The number of aryl methyl sites for hydroxylation is 4. The lowest BCUT2D eigenvalue weighted by Crippen LogP contribution is -2.50. The molecule has 1 amide bonds. The highest BCUT2D eigenvalue weighted by Crippen LogP contribution is 2.35. The molecule has 2 aromatic heterocycles. The van der Waals surface area contributed by atoms with Crippen molar-refractivity contribution < 1.29 is 9.53 Å². The number of carbonyl (C=O) groups is 1. The van der Waals surface area contributed by atoms with Gasteiger partial charge in [-0.3, -0.25) is 4.79 Å². The molecule has 0 spiro atoms. The Bertz CT molecular complexity index is 1320. The van der Waals surface area contributed by atoms with Crippen LogP contribution in [0.15, 0.2) is 60.7 Å². The van der Waals surface area contributed by atoms with Crippen LogP contribution >= 0.6 is 11.3 Å². The Labute approximate surface area is 216 Å². The lowest BCUT2D eigenvalue weighted by molar-refractivity contribution is -0.136. The van der Waals surface area contributed by atoms with Crippen LogP contribution in [0.3, 0.4) is 0 Å². The van der Waals surface area contributed by atoms with Gasteiger partial charge in [0.1, 0.15) is 23.1 Å². The summed E-state index contributed by atoms with van der Waals surface area (Å²) in [6.45, 7) is 7.72. The summed E-state index contributed by atoms with van der Waals surface area (Å²) < 4.78 is 5.68. The van der Waals surface area contributed by atoms with Crippen LogP contribution in [0, 0.1) is 13.8 Å². The van der Waals surface area contributed by atoms with Gasteiger partial charge in [-0.1, -0.05) is 60.7 Å². The van der Waals surface area contributed by atoms with Crippen molar-refractivity contribution in [1.82, 2.24) is 14.9 Å². The number of piperazine rings is 1. The van der Waals surface area contributed by atoms with E-state index in [4.69, 9.17) is 14.7 Å². The van der Waals surface area contributed by atoms with Crippen molar-refractivity contribution in [3.05, 3.63) is 88.1 Å². The van der Waals surface area contributed by atoms with E-state index < -0.39 is 0 Å². The van der Waals surface area contributed by atoms with E-state index in [1.54, 1.807) is 11.3 Å². The molecule has 0 N–H and O–H groups in total. The van der Waals surface area contributed by atoms with E-state index in [0.717, 1.165) is 53.4 Å². The van der Waals surface area contributed by atoms with Crippen LogP contribution in [-0.4, -0.2) is 53.6 Å². The first-order valence-electron chi connectivity index (χ1n) is 12.5. The quantitative estimate of drug-likeness (QED) is 0.342. The van der Waals surface area contributed by atoms with Crippen molar-refractivity contribution in [2.24, 2.45) is 0 Å². The third-order valence-electron chi connectivity index (χ3n) is 6.81. The number of carbonyl (C=O) groups excluding carboxylic acids is 1. The summed E-state index contributed by atoms with van der Waals surface area (Å²) in [6.07, 6.45) is 1.72. The lowest BCUT2D eigenvalue weighted by atomic mass is 10.1. The number of rotatable bonds is 8. The largest absolute Gasteiger partial charge is 0.367 e. The van der Waals surface area contributed by atoms with E-state index in [-0.39, 0.29) is 12.5 Å².